The zero-order valence-corrected chi connectivity index (χ0v) is 11.3. The molecular weight excluding hydrogens is 244 g/mol. The lowest BCUT2D eigenvalue weighted by Crippen LogP contribution is -2.34. The smallest absolute Gasteiger partial charge is 0.241 e. The lowest BCUT2D eigenvalue weighted by atomic mass is 10.1. The second-order valence-electron chi connectivity index (χ2n) is 5.09. The minimum absolute atomic E-state index is 0.171. The van der Waals surface area contributed by atoms with Gasteiger partial charge in [0.25, 0.3) is 0 Å². The molecule has 1 atom stereocenters. The van der Waals surface area contributed by atoms with Crippen molar-refractivity contribution in [1.82, 2.24) is 15.1 Å². The summed E-state index contributed by atoms with van der Waals surface area (Å²) in [5.41, 5.74) is 6.57. The molecule has 1 aromatic heterocycles. The predicted molar refractivity (Wildman–Crippen MR) is 71.3 cm³/mol. The summed E-state index contributed by atoms with van der Waals surface area (Å²) in [6, 6.07) is -0.652. The van der Waals surface area contributed by atoms with E-state index in [1.807, 2.05) is 0 Å². The summed E-state index contributed by atoms with van der Waals surface area (Å²) in [4.78, 5) is 11.8. The molecule has 0 aliphatic heterocycles. The third-order valence-corrected chi connectivity index (χ3v) is 3.18. The van der Waals surface area contributed by atoms with Crippen LogP contribution in [0.15, 0.2) is 12.4 Å². The molecule has 1 aliphatic carbocycles. The Bertz CT molecular complexity index is 415. The van der Waals surface area contributed by atoms with Crippen LogP contribution in [0.25, 0.3) is 0 Å². The van der Waals surface area contributed by atoms with E-state index in [2.05, 4.69) is 10.4 Å². The maximum atomic E-state index is 11.8. The second kappa shape index (κ2) is 6.68. The fourth-order valence-electron chi connectivity index (χ4n) is 1.78. The van der Waals surface area contributed by atoms with Crippen molar-refractivity contribution in [2.24, 2.45) is 18.7 Å². The van der Waals surface area contributed by atoms with Crippen molar-refractivity contribution in [2.45, 2.75) is 25.3 Å². The molecule has 106 valence electrons. The number of hydrogen-bond donors (Lipinski definition) is 2. The molecule has 1 amide bonds. The van der Waals surface area contributed by atoms with Gasteiger partial charge in [0, 0.05) is 38.6 Å². The molecule has 6 nitrogen and oxygen atoms in total. The summed E-state index contributed by atoms with van der Waals surface area (Å²) in [5.74, 6) is 0.615. The first-order chi connectivity index (χ1) is 9.16. The molecule has 0 saturated heterocycles. The summed E-state index contributed by atoms with van der Waals surface area (Å²) in [6.07, 6.45) is 6.79. The van der Waals surface area contributed by atoms with Crippen LogP contribution in [0.4, 0.5) is 0 Å². The van der Waals surface area contributed by atoms with Crippen molar-refractivity contribution in [3.05, 3.63) is 18.0 Å². The molecule has 0 aromatic carbocycles. The number of carbonyl (C=O) groups is 1. The summed E-state index contributed by atoms with van der Waals surface area (Å²) in [5, 5.41) is 6.81. The third-order valence-electron chi connectivity index (χ3n) is 3.18. The highest BCUT2D eigenvalue weighted by molar-refractivity contribution is 5.82. The molecule has 0 spiro atoms. The first kappa shape index (κ1) is 14.0. The normalized spacial score (nSPS) is 16.3. The molecule has 19 heavy (non-hydrogen) atoms. The van der Waals surface area contributed by atoms with E-state index in [0.29, 0.717) is 13.2 Å². The van der Waals surface area contributed by atoms with Crippen LogP contribution >= 0.6 is 0 Å². The first-order valence-corrected chi connectivity index (χ1v) is 6.76. The first-order valence-electron chi connectivity index (χ1n) is 6.76. The van der Waals surface area contributed by atoms with Crippen LogP contribution in [0.1, 0.15) is 30.9 Å². The Morgan fingerprint density at radius 2 is 2.47 bits per heavy atom. The summed E-state index contributed by atoms with van der Waals surface area (Å²) in [7, 11) is 1.80. The van der Waals surface area contributed by atoms with Gasteiger partial charge in [-0.25, -0.2) is 0 Å². The molecule has 1 aromatic rings. The molecule has 1 saturated carbocycles. The van der Waals surface area contributed by atoms with E-state index in [1.54, 1.807) is 24.1 Å². The summed E-state index contributed by atoms with van der Waals surface area (Å²) >= 11 is 0. The fraction of sp³-hybridized carbons (Fsp3) is 0.692. The average Bonchev–Trinajstić information content (AvgIpc) is 3.12. The Labute approximate surface area is 113 Å². The standard InChI is InChI=1S/C13H22N4O2/c1-17-8-11(7-16-17)12(14)13(18)15-5-2-6-19-9-10-3-4-10/h7-8,10,12H,2-6,9,14H2,1H3,(H,15,18). The third kappa shape index (κ3) is 4.65. The van der Waals surface area contributed by atoms with E-state index >= 15 is 0 Å². The molecule has 1 heterocycles. The van der Waals surface area contributed by atoms with Gasteiger partial charge in [0.1, 0.15) is 6.04 Å². The molecule has 0 bridgehead atoms. The van der Waals surface area contributed by atoms with Crippen molar-refractivity contribution in [3.8, 4) is 0 Å². The van der Waals surface area contributed by atoms with Gasteiger partial charge in [0.2, 0.25) is 5.91 Å². The number of aryl methyl sites for hydroxylation is 1. The molecule has 0 radical (unpaired) electrons. The number of carbonyl (C=O) groups excluding carboxylic acids is 1. The predicted octanol–water partition coefficient (Wildman–Crippen LogP) is 0.353. The number of nitrogens with zero attached hydrogens (tertiary/aromatic N) is 2. The van der Waals surface area contributed by atoms with Gasteiger partial charge in [0.15, 0.2) is 0 Å². The van der Waals surface area contributed by atoms with Crippen LogP contribution in [0.2, 0.25) is 0 Å². The van der Waals surface area contributed by atoms with Gasteiger partial charge >= 0.3 is 0 Å². The minimum atomic E-state index is -0.652. The van der Waals surface area contributed by atoms with Gasteiger partial charge in [0.05, 0.1) is 6.20 Å². The summed E-state index contributed by atoms with van der Waals surface area (Å²) in [6.45, 7) is 2.15. The van der Waals surface area contributed by atoms with Gasteiger partial charge in [-0.05, 0) is 25.2 Å². The van der Waals surface area contributed by atoms with Gasteiger partial charge in [-0.1, -0.05) is 0 Å². The molecule has 3 N–H and O–H groups in total. The Balaban J connectivity index is 1.57. The molecule has 6 heteroatoms. The van der Waals surface area contributed by atoms with Gasteiger partial charge < -0.3 is 15.8 Å². The van der Waals surface area contributed by atoms with E-state index in [0.717, 1.165) is 24.5 Å². The Morgan fingerprint density at radius 3 is 3.11 bits per heavy atom. The van der Waals surface area contributed by atoms with Crippen LogP contribution in [0.3, 0.4) is 0 Å². The minimum Gasteiger partial charge on any atom is -0.381 e. The van der Waals surface area contributed by atoms with Crippen molar-refractivity contribution >= 4 is 5.91 Å². The number of rotatable bonds is 8. The van der Waals surface area contributed by atoms with Crippen LogP contribution in [0, 0.1) is 5.92 Å². The number of amides is 1. The van der Waals surface area contributed by atoms with Gasteiger partial charge in [-0.3, -0.25) is 9.48 Å². The molecule has 1 fully saturated rings. The highest BCUT2D eigenvalue weighted by Crippen LogP contribution is 2.28. The number of nitrogens with one attached hydrogen (secondary N) is 1. The monoisotopic (exact) mass is 266 g/mol. The maximum Gasteiger partial charge on any atom is 0.241 e. The number of nitrogens with two attached hydrogens (primary N) is 1. The Kier molecular flexibility index (Phi) is 4.93. The average molecular weight is 266 g/mol. The highest BCUT2D eigenvalue weighted by atomic mass is 16.5. The fourth-order valence-corrected chi connectivity index (χ4v) is 1.78. The number of ether oxygens (including phenoxy) is 1. The number of hydrogen-bond acceptors (Lipinski definition) is 4. The Hall–Kier alpha value is -1.40. The van der Waals surface area contributed by atoms with E-state index in [1.165, 1.54) is 12.8 Å². The van der Waals surface area contributed by atoms with Gasteiger partial charge in [-0.15, -0.1) is 0 Å². The van der Waals surface area contributed by atoms with E-state index in [4.69, 9.17) is 10.5 Å². The maximum absolute atomic E-state index is 11.8. The highest BCUT2D eigenvalue weighted by Gasteiger charge is 2.21. The quantitative estimate of drug-likeness (QED) is 0.665. The van der Waals surface area contributed by atoms with E-state index < -0.39 is 6.04 Å². The molecule has 1 aliphatic rings. The molecule has 2 rings (SSSR count). The summed E-state index contributed by atoms with van der Waals surface area (Å²) < 4.78 is 7.13. The zero-order valence-electron chi connectivity index (χ0n) is 11.3. The van der Waals surface area contributed by atoms with Gasteiger partial charge in [-0.2, -0.15) is 5.10 Å². The number of aromatic nitrogens is 2. The van der Waals surface area contributed by atoms with E-state index in [9.17, 15) is 4.79 Å². The van der Waals surface area contributed by atoms with Crippen LogP contribution in [-0.2, 0) is 16.6 Å². The van der Waals surface area contributed by atoms with Crippen LogP contribution < -0.4 is 11.1 Å². The molecule has 1 unspecified atom stereocenters. The SMILES string of the molecule is Cn1cc(C(N)C(=O)NCCCOCC2CC2)cn1. The van der Waals surface area contributed by atoms with Crippen molar-refractivity contribution in [1.29, 1.82) is 0 Å². The second-order valence-corrected chi connectivity index (χ2v) is 5.09. The van der Waals surface area contributed by atoms with Crippen molar-refractivity contribution in [3.63, 3.8) is 0 Å². The lowest BCUT2D eigenvalue weighted by molar-refractivity contribution is -0.122. The van der Waals surface area contributed by atoms with Crippen LogP contribution in [-0.4, -0.2) is 35.4 Å². The molecular formula is C13H22N4O2. The lowest BCUT2D eigenvalue weighted by Gasteiger charge is -2.10. The van der Waals surface area contributed by atoms with E-state index in [-0.39, 0.29) is 5.91 Å². The van der Waals surface area contributed by atoms with Crippen LogP contribution in [0.5, 0.6) is 0 Å². The van der Waals surface area contributed by atoms with Crippen molar-refractivity contribution in [2.75, 3.05) is 19.8 Å². The van der Waals surface area contributed by atoms with Crippen molar-refractivity contribution < 1.29 is 9.53 Å². The zero-order chi connectivity index (χ0) is 13.7. The topological polar surface area (TPSA) is 82.2 Å². The Morgan fingerprint density at radius 1 is 1.68 bits per heavy atom. The largest absolute Gasteiger partial charge is 0.381 e.